The van der Waals surface area contributed by atoms with Crippen molar-refractivity contribution in [3.05, 3.63) is 54.1 Å². The first kappa shape index (κ1) is 16.2. The maximum atomic E-state index is 12.1. The average molecular weight is 303 g/mol. The zero-order chi connectivity index (χ0) is 15.8. The van der Waals surface area contributed by atoms with Crippen molar-refractivity contribution in [2.45, 2.75) is 6.04 Å². The van der Waals surface area contributed by atoms with E-state index in [1.807, 2.05) is 48.1 Å². The predicted octanol–water partition coefficient (Wildman–Crippen LogP) is 1.29. The van der Waals surface area contributed by atoms with Crippen LogP contribution in [0.3, 0.4) is 0 Å². The van der Waals surface area contributed by atoms with Crippen LogP contribution in [0.2, 0.25) is 0 Å². The predicted molar refractivity (Wildman–Crippen MR) is 82.3 cm³/mol. The third kappa shape index (κ3) is 4.41. The fraction of sp³-hybridized carbons (Fsp3) is 0.375. The second-order valence-corrected chi connectivity index (χ2v) is 4.85. The molecule has 1 N–H and O–H groups in total. The molecule has 0 fully saturated rings. The van der Waals surface area contributed by atoms with Gasteiger partial charge in [0.15, 0.2) is 0 Å². The smallest absolute Gasteiger partial charge is 0.246 e. The van der Waals surface area contributed by atoms with Crippen LogP contribution in [0.25, 0.3) is 0 Å². The number of hydrogen-bond acceptors (Lipinski definition) is 4. The molecule has 118 valence electrons. The first-order chi connectivity index (χ1) is 10.7. The molecular weight excluding hydrogens is 282 g/mol. The van der Waals surface area contributed by atoms with E-state index in [2.05, 4.69) is 10.3 Å². The summed E-state index contributed by atoms with van der Waals surface area (Å²) in [4.78, 5) is 16.4. The summed E-state index contributed by atoms with van der Waals surface area (Å²) in [5, 5.41) is 2.97. The molecule has 2 rings (SSSR count). The Morgan fingerprint density at radius 3 is 2.73 bits per heavy atom. The molecule has 0 saturated heterocycles. The summed E-state index contributed by atoms with van der Waals surface area (Å²) in [6.07, 6.45) is 3.57. The van der Waals surface area contributed by atoms with E-state index in [-0.39, 0.29) is 18.6 Å². The van der Waals surface area contributed by atoms with Gasteiger partial charge in [-0.2, -0.15) is 0 Å². The van der Waals surface area contributed by atoms with Gasteiger partial charge in [0.25, 0.3) is 0 Å². The van der Waals surface area contributed by atoms with Gasteiger partial charge in [-0.1, -0.05) is 30.3 Å². The zero-order valence-electron chi connectivity index (χ0n) is 12.9. The summed E-state index contributed by atoms with van der Waals surface area (Å²) in [6, 6.07) is 9.43. The second-order valence-electron chi connectivity index (χ2n) is 4.85. The van der Waals surface area contributed by atoms with E-state index < -0.39 is 0 Å². The molecule has 0 bridgehead atoms. The lowest BCUT2D eigenvalue weighted by Crippen LogP contribution is -2.34. The van der Waals surface area contributed by atoms with Gasteiger partial charge in [0, 0.05) is 26.6 Å². The number of aromatic nitrogens is 2. The van der Waals surface area contributed by atoms with Gasteiger partial charge in [0.1, 0.15) is 18.5 Å². The molecular formula is C16H21N3O3. The molecule has 1 aromatic heterocycles. The molecule has 0 aliphatic rings. The number of carbonyl (C=O) groups is 1. The number of methoxy groups -OCH3 is 1. The van der Waals surface area contributed by atoms with Crippen LogP contribution < -0.4 is 5.32 Å². The van der Waals surface area contributed by atoms with E-state index in [0.717, 1.165) is 11.4 Å². The molecule has 2 aromatic rings. The Hall–Kier alpha value is -2.18. The standard InChI is InChI=1S/C16H21N3O3/c1-19-9-8-17-16(19)15(13-6-4-3-5-7-13)18-14(20)12-22-11-10-21-2/h3-9,15H,10-12H2,1-2H3,(H,18,20)/t15-/m1/s1. The molecule has 1 heterocycles. The number of amides is 1. The normalized spacial score (nSPS) is 12.1. The number of carbonyl (C=O) groups excluding carboxylic acids is 1. The van der Waals surface area contributed by atoms with Gasteiger partial charge in [-0.3, -0.25) is 4.79 Å². The average Bonchev–Trinajstić information content (AvgIpc) is 2.96. The Morgan fingerprint density at radius 1 is 1.32 bits per heavy atom. The van der Waals surface area contributed by atoms with Gasteiger partial charge in [0.05, 0.1) is 13.2 Å². The summed E-state index contributed by atoms with van der Waals surface area (Å²) >= 11 is 0. The van der Waals surface area contributed by atoms with E-state index in [4.69, 9.17) is 9.47 Å². The maximum absolute atomic E-state index is 12.1. The molecule has 1 atom stereocenters. The Morgan fingerprint density at radius 2 is 2.09 bits per heavy atom. The van der Waals surface area contributed by atoms with Gasteiger partial charge in [-0.25, -0.2) is 4.98 Å². The molecule has 6 heteroatoms. The van der Waals surface area contributed by atoms with Crippen LogP contribution in [-0.2, 0) is 21.3 Å². The van der Waals surface area contributed by atoms with Crippen LogP contribution in [0.4, 0.5) is 0 Å². The summed E-state index contributed by atoms with van der Waals surface area (Å²) in [7, 11) is 3.50. The molecule has 0 aliphatic carbocycles. The molecule has 1 amide bonds. The van der Waals surface area contributed by atoms with E-state index in [9.17, 15) is 4.79 Å². The lowest BCUT2D eigenvalue weighted by molar-refractivity contribution is -0.126. The second kappa shape index (κ2) is 8.31. The van der Waals surface area contributed by atoms with Crippen molar-refractivity contribution in [3.8, 4) is 0 Å². The van der Waals surface area contributed by atoms with Crippen molar-refractivity contribution >= 4 is 5.91 Å². The van der Waals surface area contributed by atoms with Crippen molar-refractivity contribution in [2.75, 3.05) is 26.9 Å². The number of ether oxygens (including phenoxy) is 2. The minimum atomic E-state index is -0.306. The van der Waals surface area contributed by atoms with E-state index in [1.54, 1.807) is 13.3 Å². The SMILES string of the molecule is COCCOCC(=O)N[C@H](c1ccccc1)c1nccn1C. The van der Waals surface area contributed by atoms with Crippen LogP contribution >= 0.6 is 0 Å². The van der Waals surface area contributed by atoms with Crippen molar-refractivity contribution in [1.29, 1.82) is 0 Å². The van der Waals surface area contributed by atoms with Gasteiger partial charge < -0.3 is 19.4 Å². The Kier molecular flexibility index (Phi) is 6.12. The van der Waals surface area contributed by atoms with Crippen LogP contribution in [0.1, 0.15) is 17.4 Å². The molecule has 22 heavy (non-hydrogen) atoms. The van der Waals surface area contributed by atoms with E-state index in [0.29, 0.717) is 13.2 Å². The Balaban J connectivity index is 2.06. The molecule has 0 radical (unpaired) electrons. The lowest BCUT2D eigenvalue weighted by atomic mass is 10.1. The monoisotopic (exact) mass is 303 g/mol. The van der Waals surface area contributed by atoms with Gasteiger partial charge in [0.2, 0.25) is 5.91 Å². The molecule has 0 saturated carbocycles. The van der Waals surface area contributed by atoms with Crippen LogP contribution in [0, 0.1) is 0 Å². The van der Waals surface area contributed by atoms with Crippen LogP contribution in [-0.4, -0.2) is 42.4 Å². The summed E-state index contributed by atoms with van der Waals surface area (Å²) in [5.41, 5.74) is 0.974. The van der Waals surface area contributed by atoms with Crippen LogP contribution in [0.5, 0.6) is 0 Å². The largest absolute Gasteiger partial charge is 0.382 e. The number of nitrogens with one attached hydrogen (secondary N) is 1. The Labute approximate surface area is 130 Å². The zero-order valence-corrected chi connectivity index (χ0v) is 12.9. The molecule has 0 aliphatic heterocycles. The summed E-state index contributed by atoms with van der Waals surface area (Å²) in [5.74, 6) is 0.587. The first-order valence-electron chi connectivity index (χ1n) is 7.10. The van der Waals surface area contributed by atoms with Gasteiger partial charge in [-0.05, 0) is 5.56 Å². The molecule has 6 nitrogen and oxygen atoms in total. The third-order valence-corrected chi connectivity index (χ3v) is 3.22. The number of hydrogen-bond donors (Lipinski definition) is 1. The van der Waals surface area contributed by atoms with E-state index in [1.165, 1.54) is 0 Å². The van der Waals surface area contributed by atoms with Gasteiger partial charge >= 0.3 is 0 Å². The lowest BCUT2D eigenvalue weighted by Gasteiger charge is -2.19. The highest BCUT2D eigenvalue weighted by Gasteiger charge is 2.20. The number of benzene rings is 1. The maximum Gasteiger partial charge on any atom is 0.246 e. The van der Waals surface area contributed by atoms with Gasteiger partial charge in [-0.15, -0.1) is 0 Å². The number of nitrogens with zero attached hydrogens (tertiary/aromatic N) is 2. The third-order valence-electron chi connectivity index (χ3n) is 3.22. The Bertz CT molecular complexity index is 583. The fourth-order valence-electron chi connectivity index (χ4n) is 2.11. The van der Waals surface area contributed by atoms with Crippen molar-refractivity contribution in [2.24, 2.45) is 7.05 Å². The number of rotatable bonds is 8. The van der Waals surface area contributed by atoms with Crippen molar-refractivity contribution in [1.82, 2.24) is 14.9 Å². The highest BCUT2D eigenvalue weighted by atomic mass is 16.5. The molecule has 0 unspecified atom stereocenters. The fourth-order valence-corrected chi connectivity index (χ4v) is 2.11. The topological polar surface area (TPSA) is 65.4 Å². The quantitative estimate of drug-likeness (QED) is 0.746. The van der Waals surface area contributed by atoms with E-state index >= 15 is 0 Å². The molecule has 0 spiro atoms. The first-order valence-corrected chi connectivity index (χ1v) is 7.10. The van der Waals surface area contributed by atoms with Crippen LogP contribution in [0.15, 0.2) is 42.7 Å². The highest BCUT2D eigenvalue weighted by molar-refractivity contribution is 5.78. The number of imidazole rings is 1. The minimum Gasteiger partial charge on any atom is -0.382 e. The minimum absolute atomic E-state index is 0.00286. The summed E-state index contributed by atoms with van der Waals surface area (Å²) in [6.45, 7) is 0.855. The molecule has 1 aromatic carbocycles. The number of aryl methyl sites for hydroxylation is 1. The highest BCUT2D eigenvalue weighted by Crippen LogP contribution is 2.19. The van der Waals surface area contributed by atoms with Crippen molar-refractivity contribution in [3.63, 3.8) is 0 Å². The summed E-state index contributed by atoms with van der Waals surface area (Å²) < 4.78 is 12.0. The van der Waals surface area contributed by atoms with Crippen molar-refractivity contribution < 1.29 is 14.3 Å².